The van der Waals surface area contributed by atoms with Crippen LogP contribution in [0.3, 0.4) is 0 Å². The Morgan fingerprint density at radius 2 is 1.88 bits per heavy atom. The number of nitrogens with zero attached hydrogens (tertiary/aromatic N) is 1. The van der Waals surface area contributed by atoms with Crippen LogP contribution in [0.25, 0.3) is 0 Å². The van der Waals surface area contributed by atoms with Crippen LogP contribution in [0.4, 0.5) is 0 Å². The minimum absolute atomic E-state index is 0.300. The summed E-state index contributed by atoms with van der Waals surface area (Å²) in [7, 11) is 0. The average Bonchev–Trinajstić information content (AvgIpc) is 2.44. The lowest BCUT2D eigenvalue weighted by atomic mass is 9.97. The van der Waals surface area contributed by atoms with Gasteiger partial charge < -0.3 is 5.32 Å². The summed E-state index contributed by atoms with van der Waals surface area (Å²) in [4.78, 5) is 2.59. The van der Waals surface area contributed by atoms with Crippen LogP contribution in [-0.2, 0) is 6.54 Å². The van der Waals surface area contributed by atoms with Crippen LogP contribution in [0.2, 0.25) is 0 Å². The van der Waals surface area contributed by atoms with Gasteiger partial charge in [0, 0.05) is 25.2 Å². The Morgan fingerprint density at radius 1 is 1.18 bits per heavy atom. The van der Waals surface area contributed by atoms with Crippen LogP contribution in [0, 0.1) is 6.92 Å². The van der Waals surface area contributed by atoms with E-state index < -0.39 is 0 Å². The Hall–Kier alpha value is -0.860. The number of hydrogen-bond donors (Lipinski definition) is 1. The molecule has 0 aliphatic carbocycles. The van der Waals surface area contributed by atoms with Gasteiger partial charge in [0.15, 0.2) is 0 Å². The topological polar surface area (TPSA) is 15.3 Å². The molecule has 1 saturated heterocycles. The van der Waals surface area contributed by atoms with Gasteiger partial charge in [-0.3, -0.25) is 4.90 Å². The summed E-state index contributed by atoms with van der Waals surface area (Å²) in [5.74, 6) is 0. The molecule has 1 N–H and O–H groups in total. The lowest BCUT2D eigenvalue weighted by Crippen LogP contribution is -2.43. The summed E-state index contributed by atoms with van der Waals surface area (Å²) >= 11 is 0. The van der Waals surface area contributed by atoms with Gasteiger partial charge in [-0.25, -0.2) is 0 Å². The third-order valence-electron chi connectivity index (χ3n) is 3.82. The van der Waals surface area contributed by atoms with E-state index in [4.69, 9.17) is 0 Å². The molecule has 2 rings (SSSR count). The highest BCUT2D eigenvalue weighted by atomic mass is 15.2. The van der Waals surface area contributed by atoms with Crippen LogP contribution in [0.5, 0.6) is 0 Å². The van der Waals surface area contributed by atoms with Gasteiger partial charge in [0.05, 0.1) is 0 Å². The van der Waals surface area contributed by atoms with Gasteiger partial charge in [-0.05, 0) is 39.3 Å². The van der Waals surface area contributed by atoms with Crippen molar-refractivity contribution in [1.82, 2.24) is 10.2 Å². The largest absolute Gasteiger partial charge is 0.315 e. The van der Waals surface area contributed by atoms with E-state index in [-0.39, 0.29) is 0 Å². The molecule has 1 aromatic rings. The van der Waals surface area contributed by atoms with Crippen molar-refractivity contribution in [2.75, 3.05) is 19.6 Å². The Kier molecular flexibility index (Phi) is 3.85. The Balaban J connectivity index is 2.07. The molecule has 0 amide bonds. The van der Waals surface area contributed by atoms with Crippen molar-refractivity contribution in [3.63, 3.8) is 0 Å². The first-order valence-electron chi connectivity index (χ1n) is 6.59. The molecule has 0 atom stereocenters. The average molecular weight is 232 g/mol. The highest BCUT2D eigenvalue weighted by molar-refractivity contribution is 5.21. The SMILES string of the molecule is Cc1ccc(CN2CCNCCC2(C)C)cc1. The highest BCUT2D eigenvalue weighted by Gasteiger charge is 2.27. The zero-order valence-corrected chi connectivity index (χ0v) is 11.3. The lowest BCUT2D eigenvalue weighted by molar-refractivity contribution is 0.120. The van der Waals surface area contributed by atoms with E-state index in [1.165, 1.54) is 17.5 Å². The number of aryl methyl sites for hydroxylation is 1. The van der Waals surface area contributed by atoms with Crippen molar-refractivity contribution in [1.29, 1.82) is 0 Å². The first kappa shape index (κ1) is 12.6. The molecule has 0 spiro atoms. The molecule has 1 aliphatic heterocycles. The normalized spacial score (nSPS) is 21.1. The van der Waals surface area contributed by atoms with Crippen molar-refractivity contribution in [2.45, 2.75) is 39.3 Å². The van der Waals surface area contributed by atoms with Crippen LogP contribution >= 0.6 is 0 Å². The number of hydrogen-bond acceptors (Lipinski definition) is 2. The van der Waals surface area contributed by atoms with Crippen LogP contribution in [0.15, 0.2) is 24.3 Å². The van der Waals surface area contributed by atoms with Gasteiger partial charge in [-0.1, -0.05) is 29.8 Å². The van der Waals surface area contributed by atoms with Gasteiger partial charge in [-0.2, -0.15) is 0 Å². The molecule has 0 bridgehead atoms. The maximum absolute atomic E-state index is 3.49. The number of nitrogens with one attached hydrogen (secondary N) is 1. The summed E-state index contributed by atoms with van der Waals surface area (Å²) in [5.41, 5.74) is 3.06. The van der Waals surface area contributed by atoms with Gasteiger partial charge in [0.1, 0.15) is 0 Å². The second-order valence-electron chi connectivity index (χ2n) is 5.72. The Labute approximate surface area is 105 Å². The van der Waals surface area contributed by atoms with E-state index in [0.717, 1.165) is 26.2 Å². The van der Waals surface area contributed by atoms with Crippen molar-refractivity contribution < 1.29 is 0 Å². The summed E-state index contributed by atoms with van der Waals surface area (Å²) in [6.45, 7) is 11.3. The lowest BCUT2D eigenvalue weighted by Gasteiger charge is -2.37. The Morgan fingerprint density at radius 3 is 2.59 bits per heavy atom. The number of rotatable bonds is 2. The third kappa shape index (κ3) is 3.30. The highest BCUT2D eigenvalue weighted by Crippen LogP contribution is 2.22. The van der Waals surface area contributed by atoms with E-state index in [1.807, 2.05) is 0 Å². The predicted molar refractivity (Wildman–Crippen MR) is 73.2 cm³/mol. The zero-order valence-electron chi connectivity index (χ0n) is 11.3. The fraction of sp³-hybridized carbons (Fsp3) is 0.600. The monoisotopic (exact) mass is 232 g/mol. The van der Waals surface area contributed by atoms with E-state index in [9.17, 15) is 0 Å². The van der Waals surface area contributed by atoms with Crippen molar-refractivity contribution in [3.8, 4) is 0 Å². The second kappa shape index (κ2) is 5.19. The molecule has 0 radical (unpaired) electrons. The van der Waals surface area contributed by atoms with Crippen molar-refractivity contribution in [3.05, 3.63) is 35.4 Å². The van der Waals surface area contributed by atoms with Gasteiger partial charge in [0.25, 0.3) is 0 Å². The molecule has 0 aromatic heterocycles. The molecule has 94 valence electrons. The maximum Gasteiger partial charge on any atom is 0.0239 e. The molecule has 2 nitrogen and oxygen atoms in total. The van der Waals surface area contributed by atoms with Crippen LogP contribution in [0.1, 0.15) is 31.4 Å². The smallest absolute Gasteiger partial charge is 0.0239 e. The van der Waals surface area contributed by atoms with E-state index in [1.54, 1.807) is 0 Å². The summed E-state index contributed by atoms with van der Waals surface area (Å²) in [6.07, 6.45) is 1.22. The van der Waals surface area contributed by atoms with Crippen LogP contribution < -0.4 is 5.32 Å². The zero-order chi connectivity index (χ0) is 12.3. The molecule has 17 heavy (non-hydrogen) atoms. The van der Waals surface area contributed by atoms with E-state index in [0.29, 0.717) is 5.54 Å². The molecular formula is C15H24N2. The van der Waals surface area contributed by atoms with Gasteiger partial charge >= 0.3 is 0 Å². The predicted octanol–water partition coefficient (Wildman–Crippen LogP) is 2.57. The molecule has 1 aromatic carbocycles. The molecule has 0 saturated carbocycles. The second-order valence-corrected chi connectivity index (χ2v) is 5.72. The molecule has 1 heterocycles. The first-order chi connectivity index (χ1) is 8.08. The fourth-order valence-corrected chi connectivity index (χ4v) is 2.40. The molecule has 1 aliphatic rings. The molecule has 2 heteroatoms. The van der Waals surface area contributed by atoms with E-state index >= 15 is 0 Å². The van der Waals surface area contributed by atoms with Crippen molar-refractivity contribution in [2.24, 2.45) is 0 Å². The van der Waals surface area contributed by atoms with Crippen molar-refractivity contribution >= 4 is 0 Å². The van der Waals surface area contributed by atoms with Gasteiger partial charge in [0.2, 0.25) is 0 Å². The standard InChI is InChI=1S/C15H24N2/c1-13-4-6-14(7-5-13)12-17-11-10-16-9-8-15(17,2)3/h4-7,16H,8-12H2,1-3H3. The van der Waals surface area contributed by atoms with E-state index in [2.05, 4.69) is 55.3 Å². The quantitative estimate of drug-likeness (QED) is 0.843. The molecule has 1 fully saturated rings. The van der Waals surface area contributed by atoms with Crippen LogP contribution in [-0.4, -0.2) is 30.1 Å². The summed E-state index contributed by atoms with van der Waals surface area (Å²) in [6, 6.07) is 8.92. The maximum atomic E-state index is 3.49. The minimum Gasteiger partial charge on any atom is -0.315 e. The first-order valence-corrected chi connectivity index (χ1v) is 6.59. The third-order valence-corrected chi connectivity index (χ3v) is 3.82. The molecule has 0 unspecified atom stereocenters. The van der Waals surface area contributed by atoms with Gasteiger partial charge in [-0.15, -0.1) is 0 Å². The minimum atomic E-state index is 0.300. The summed E-state index contributed by atoms with van der Waals surface area (Å²) in [5, 5.41) is 3.49. The molecular weight excluding hydrogens is 208 g/mol. The summed E-state index contributed by atoms with van der Waals surface area (Å²) < 4.78 is 0. The Bertz CT molecular complexity index is 354. The fourth-order valence-electron chi connectivity index (χ4n) is 2.40. The number of benzene rings is 1.